The summed E-state index contributed by atoms with van der Waals surface area (Å²) in [4.78, 5) is 27.4. The van der Waals surface area contributed by atoms with Crippen LogP contribution in [0.4, 0.5) is 0 Å². The van der Waals surface area contributed by atoms with E-state index >= 15 is 0 Å². The van der Waals surface area contributed by atoms with E-state index < -0.39 is 0 Å². The Bertz CT molecular complexity index is 1020. The van der Waals surface area contributed by atoms with Gasteiger partial charge in [0.25, 0.3) is 0 Å². The van der Waals surface area contributed by atoms with E-state index in [9.17, 15) is 9.59 Å². The predicted octanol–water partition coefficient (Wildman–Crippen LogP) is 3.84. The largest absolute Gasteiger partial charge is 0.465 e. The maximum atomic E-state index is 12.9. The van der Waals surface area contributed by atoms with Crippen LogP contribution in [0.15, 0.2) is 59.0 Å². The van der Waals surface area contributed by atoms with E-state index in [-0.39, 0.29) is 17.7 Å². The van der Waals surface area contributed by atoms with Crippen molar-refractivity contribution in [2.75, 3.05) is 13.1 Å². The highest BCUT2D eigenvalue weighted by atomic mass is 16.3. The number of piperidine rings is 1. The molecule has 4 rings (SSSR count). The number of benzene rings is 2. The highest BCUT2D eigenvalue weighted by Gasteiger charge is 2.28. The Morgan fingerprint density at radius 3 is 2.76 bits per heavy atom. The van der Waals surface area contributed by atoms with Crippen molar-refractivity contribution in [3.05, 3.63) is 71.7 Å². The third-order valence-corrected chi connectivity index (χ3v) is 5.60. The SMILES string of the molecule is Cc1ccc(CNC(=O)[C@H]2CCCN(C(=O)Cc3cccc4ccccc34)C2)o1. The van der Waals surface area contributed by atoms with E-state index in [1.807, 2.05) is 48.2 Å². The number of amides is 2. The van der Waals surface area contributed by atoms with E-state index in [4.69, 9.17) is 4.42 Å². The van der Waals surface area contributed by atoms with Crippen LogP contribution in [-0.4, -0.2) is 29.8 Å². The fourth-order valence-corrected chi connectivity index (χ4v) is 4.04. The Hall–Kier alpha value is -3.08. The van der Waals surface area contributed by atoms with Crippen molar-refractivity contribution < 1.29 is 14.0 Å². The van der Waals surface area contributed by atoms with E-state index in [1.165, 1.54) is 0 Å². The maximum Gasteiger partial charge on any atom is 0.227 e. The third-order valence-electron chi connectivity index (χ3n) is 5.60. The van der Waals surface area contributed by atoms with Crippen LogP contribution in [0.3, 0.4) is 0 Å². The van der Waals surface area contributed by atoms with Crippen LogP contribution in [0.25, 0.3) is 10.8 Å². The molecule has 29 heavy (non-hydrogen) atoms. The van der Waals surface area contributed by atoms with E-state index in [2.05, 4.69) is 23.5 Å². The van der Waals surface area contributed by atoms with Crippen molar-refractivity contribution >= 4 is 22.6 Å². The molecule has 1 atom stereocenters. The van der Waals surface area contributed by atoms with Crippen molar-refractivity contribution in [2.24, 2.45) is 5.92 Å². The number of nitrogens with zero attached hydrogens (tertiary/aromatic N) is 1. The summed E-state index contributed by atoms with van der Waals surface area (Å²) in [5, 5.41) is 5.20. The molecule has 5 heteroatoms. The zero-order chi connectivity index (χ0) is 20.2. The van der Waals surface area contributed by atoms with Gasteiger partial charge in [-0.1, -0.05) is 42.5 Å². The molecule has 3 aromatic rings. The number of rotatable bonds is 5. The number of aryl methyl sites for hydroxylation is 1. The van der Waals surface area contributed by atoms with Crippen LogP contribution in [-0.2, 0) is 22.6 Å². The monoisotopic (exact) mass is 390 g/mol. The van der Waals surface area contributed by atoms with Gasteiger partial charge >= 0.3 is 0 Å². The number of likely N-dealkylation sites (tertiary alicyclic amines) is 1. The summed E-state index contributed by atoms with van der Waals surface area (Å²) in [6.45, 7) is 3.45. The fraction of sp³-hybridized carbons (Fsp3) is 0.333. The first-order valence-corrected chi connectivity index (χ1v) is 10.2. The normalized spacial score (nSPS) is 16.7. The second-order valence-corrected chi connectivity index (χ2v) is 7.72. The Kier molecular flexibility index (Phi) is 5.65. The smallest absolute Gasteiger partial charge is 0.227 e. The van der Waals surface area contributed by atoms with Crippen molar-refractivity contribution in [3.8, 4) is 0 Å². The molecule has 2 aromatic carbocycles. The molecule has 1 N–H and O–H groups in total. The Morgan fingerprint density at radius 2 is 1.93 bits per heavy atom. The predicted molar refractivity (Wildman–Crippen MR) is 112 cm³/mol. The van der Waals surface area contributed by atoms with Crippen LogP contribution in [0.5, 0.6) is 0 Å². The average Bonchev–Trinajstić information content (AvgIpc) is 3.17. The quantitative estimate of drug-likeness (QED) is 0.720. The van der Waals surface area contributed by atoms with Crippen LogP contribution < -0.4 is 5.32 Å². The second-order valence-electron chi connectivity index (χ2n) is 7.72. The standard InChI is InChI=1S/C24H26N2O3/c1-17-11-12-21(29-17)15-25-24(28)20-9-5-13-26(16-20)23(27)14-19-8-4-7-18-6-2-3-10-22(18)19/h2-4,6-8,10-12,20H,5,9,13-16H2,1H3,(H,25,28)/t20-/m0/s1. The molecule has 5 nitrogen and oxygen atoms in total. The molecular weight excluding hydrogens is 364 g/mol. The maximum absolute atomic E-state index is 12.9. The molecule has 0 aliphatic carbocycles. The number of hydrogen-bond donors (Lipinski definition) is 1. The van der Waals surface area contributed by atoms with E-state index in [0.717, 1.165) is 40.7 Å². The van der Waals surface area contributed by atoms with E-state index in [1.54, 1.807) is 0 Å². The Labute approximate surface area is 170 Å². The third kappa shape index (κ3) is 4.50. The lowest BCUT2D eigenvalue weighted by Crippen LogP contribution is -2.45. The topological polar surface area (TPSA) is 62.6 Å². The zero-order valence-corrected chi connectivity index (χ0v) is 16.7. The highest BCUT2D eigenvalue weighted by molar-refractivity contribution is 5.90. The van der Waals surface area contributed by atoms with Gasteiger partial charge in [-0.3, -0.25) is 9.59 Å². The average molecular weight is 390 g/mol. The molecule has 1 aromatic heterocycles. The molecule has 1 saturated heterocycles. The van der Waals surface area contributed by atoms with Gasteiger partial charge in [-0.05, 0) is 48.2 Å². The minimum absolute atomic E-state index is 0.0123. The van der Waals surface area contributed by atoms with Crippen LogP contribution in [0.1, 0.15) is 29.9 Å². The number of furan rings is 1. The van der Waals surface area contributed by atoms with Gasteiger partial charge in [0.2, 0.25) is 11.8 Å². The lowest BCUT2D eigenvalue weighted by Gasteiger charge is -2.32. The Balaban J connectivity index is 1.37. The second kappa shape index (κ2) is 8.52. The van der Waals surface area contributed by atoms with Crippen molar-refractivity contribution in [2.45, 2.75) is 32.7 Å². The first-order valence-electron chi connectivity index (χ1n) is 10.2. The van der Waals surface area contributed by atoms with Gasteiger partial charge in [-0.25, -0.2) is 0 Å². The molecule has 0 bridgehead atoms. The lowest BCUT2D eigenvalue weighted by atomic mass is 9.96. The molecule has 2 heterocycles. The number of nitrogens with one attached hydrogen (secondary N) is 1. The first-order chi connectivity index (χ1) is 14.1. The fourth-order valence-electron chi connectivity index (χ4n) is 4.04. The van der Waals surface area contributed by atoms with E-state index in [0.29, 0.717) is 26.1 Å². The summed E-state index contributed by atoms with van der Waals surface area (Å²) >= 11 is 0. The van der Waals surface area contributed by atoms with Gasteiger partial charge in [0.15, 0.2) is 0 Å². The molecule has 2 amide bonds. The summed E-state index contributed by atoms with van der Waals surface area (Å²) < 4.78 is 5.50. The van der Waals surface area contributed by atoms with Crippen LogP contribution in [0.2, 0.25) is 0 Å². The van der Waals surface area contributed by atoms with Gasteiger partial charge < -0.3 is 14.6 Å². The van der Waals surface area contributed by atoms with Gasteiger partial charge in [0.1, 0.15) is 11.5 Å². The summed E-state index contributed by atoms with van der Waals surface area (Å²) in [7, 11) is 0. The van der Waals surface area contributed by atoms with Crippen molar-refractivity contribution in [3.63, 3.8) is 0 Å². The molecule has 1 fully saturated rings. The molecule has 1 aliphatic heterocycles. The molecule has 0 saturated carbocycles. The van der Waals surface area contributed by atoms with Crippen molar-refractivity contribution in [1.29, 1.82) is 0 Å². The zero-order valence-electron chi connectivity index (χ0n) is 16.7. The molecule has 1 aliphatic rings. The number of carbonyl (C=O) groups is 2. The van der Waals surface area contributed by atoms with Crippen LogP contribution in [0, 0.1) is 12.8 Å². The minimum Gasteiger partial charge on any atom is -0.465 e. The van der Waals surface area contributed by atoms with Crippen molar-refractivity contribution in [1.82, 2.24) is 10.2 Å². The molecule has 0 unspecified atom stereocenters. The highest BCUT2D eigenvalue weighted by Crippen LogP contribution is 2.22. The Morgan fingerprint density at radius 1 is 1.10 bits per heavy atom. The van der Waals surface area contributed by atoms with Gasteiger partial charge in [-0.15, -0.1) is 0 Å². The number of hydrogen-bond acceptors (Lipinski definition) is 3. The van der Waals surface area contributed by atoms with Crippen LogP contribution >= 0.6 is 0 Å². The molecule has 0 spiro atoms. The summed E-state index contributed by atoms with van der Waals surface area (Å²) in [6.07, 6.45) is 2.02. The number of carbonyl (C=O) groups excluding carboxylic acids is 2. The summed E-state index contributed by atoms with van der Waals surface area (Å²) in [6, 6.07) is 17.9. The molecule has 150 valence electrons. The van der Waals surface area contributed by atoms with Gasteiger partial charge in [-0.2, -0.15) is 0 Å². The minimum atomic E-state index is -0.170. The summed E-state index contributed by atoms with van der Waals surface area (Å²) in [5.74, 6) is 1.48. The lowest BCUT2D eigenvalue weighted by molar-refractivity contribution is -0.135. The van der Waals surface area contributed by atoms with Gasteiger partial charge in [0.05, 0.1) is 18.9 Å². The first kappa shape index (κ1) is 19.2. The summed E-state index contributed by atoms with van der Waals surface area (Å²) in [5.41, 5.74) is 1.04. The molecule has 0 radical (unpaired) electrons. The number of fused-ring (bicyclic) bond motifs is 1. The van der Waals surface area contributed by atoms with Gasteiger partial charge in [0, 0.05) is 13.1 Å². The molecular formula is C24H26N2O3.